The first kappa shape index (κ1) is 16.4. The van der Waals surface area contributed by atoms with Gasteiger partial charge in [-0.05, 0) is 12.8 Å². The van der Waals surface area contributed by atoms with Crippen LogP contribution < -0.4 is 0 Å². The van der Waals surface area contributed by atoms with Crippen LogP contribution in [0.3, 0.4) is 0 Å². The molecular weight excluding hydrogens is 312 g/mol. The van der Waals surface area contributed by atoms with Crippen molar-refractivity contribution in [3.05, 3.63) is 18.2 Å². The molecule has 0 bridgehead atoms. The number of likely N-dealkylation sites (tertiary alicyclic amines) is 1. The fraction of sp³-hybridized carbons (Fsp3) is 0.688. The van der Waals surface area contributed by atoms with Gasteiger partial charge in [-0.2, -0.15) is 0 Å². The van der Waals surface area contributed by atoms with E-state index >= 15 is 0 Å². The zero-order valence-corrected chi connectivity index (χ0v) is 14.6. The maximum Gasteiger partial charge on any atom is 0.242 e. The van der Waals surface area contributed by atoms with E-state index in [-0.39, 0.29) is 24.4 Å². The Hall–Kier alpha value is -1.50. The lowest BCUT2D eigenvalue weighted by atomic mass is 10.0. The van der Waals surface area contributed by atoms with E-state index in [0.717, 1.165) is 25.2 Å². The van der Waals surface area contributed by atoms with Crippen LogP contribution in [0.5, 0.6) is 0 Å². The summed E-state index contributed by atoms with van der Waals surface area (Å²) in [4.78, 5) is 32.2. The summed E-state index contributed by atoms with van der Waals surface area (Å²) in [5.74, 6) is 2.74. The summed E-state index contributed by atoms with van der Waals surface area (Å²) in [5, 5.41) is 0. The van der Waals surface area contributed by atoms with Crippen molar-refractivity contribution in [3.8, 4) is 0 Å². The van der Waals surface area contributed by atoms with Crippen molar-refractivity contribution in [2.24, 2.45) is 0 Å². The highest BCUT2D eigenvalue weighted by atomic mass is 32.2. The molecule has 2 aliphatic heterocycles. The molecule has 0 saturated carbocycles. The standard InChI is InChI=1S/C16H24N4O2S/c1-12(2)16-17-5-7-20(16)13-4-3-6-18(8-13)14(21)9-19-11-23-10-15(19)22/h5,7,12-13H,3-4,6,8-11H2,1-2H3/t13-/m0/s1. The highest BCUT2D eigenvalue weighted by molar-refractivity contribution is 8.00. The van der Waals surface area contributed by atoms with Gasteiger partial charge in [-0.3, -0.25) is 9.59 Å². The van der Waals surface area contributed by atoms with Crippen LogP contribution in [-0.2, 0) is 9.59 Å². The molecule has 6 nitrogen and oxygen atoms in total. The number of hydrogen-bond acceptors (Lipinski definition) is 4. The zero-order chi connectivity index (χ0) is 16.4. The molecule has 1 aromatic rings. The maximum atomic E-state index is 12.5. The first-order valence-electron chi connectivity index (χ1n) is 8.22. The van der Waals surface area contributed by atoms with E-state index < -0.39 is 0 Å². The molecular formula is C16H24N4O2S. The fourth-order valence-electron chi connectivity index (χ4n) is 3.29. The summed E-state index contributed by atoms with van der Waals surface area (Å²) in [6.45, 7) is 6.00. The van der Waals surface area contributed by atoms with E-state index in [2.05, 4.69) is 23.4 Å². The Kier molecular flexibility index (Phi) is 4.94. The van der Waals surface area contributed by atoms with E-state index in [0.29, 0.717) is 24.1 Å². The summed E-state index contributed by atoms with van der Waals surface area (Å²) in [6.07, 6.45) is 5.93. The van der Waals surface area contributed by atoms with Crippen LogP contribution in [-0.4, -0.2) is 62.4 Å². The van der Waals surface area contributed by atoms with E-state index in [9.17, 15) is 9.59 Å². The van der Waals surface area contributed by atoms with Gasteiger partial charge in [0.1, 0.15) is 12.4 Å². The van der Waals surface area contributed by atoms with Crippen molar-refractivity contribution in [1.82, 2.24) is 19.4 Å². The summed E-state index contributed by atoms with van der Waals surface area (Å²) in [5.41, 5.74) is 0. The number of thioether (sulfide) groups is 1. The molecule has 0 aliphatic carbocycles. The topological polar surface area (TPSA) is 58.4 Å². The SMILES string of the molecule is CC(C)c1nccn1[C@H]1CCCN(C(=O)CN2CSCC2=O)C1. The van der Waals surface area contributed by atoms with Gasteiger partial charge in [0, 0.05) is 31.4 Å². The minimum Gasteiger partial charge on any atom is -0.339 e. The Morgan fingerprint density at radius 3 is 3.00 bits per heavy atom. The minimum atomic E-state index is 0.0664. The summed E-state index contributed by atoms with van der Waals surface area (Å²) in [7, 11) is 0. The molecule has 2 amide bonds. The molecule has 3 rings (SSSR count). The van der Waals surface area contributed by atoms with E-state index in [4.69, 9.17) is 0 Å². The van der Waals surface area contributed by atoms with E-state index in [1.54, 1.807) is 16.7 Å². The van der Waals surface area contributed by atoms with Gasteiger partial charge in [0.2, 0.25) is 11.8 Å². The number of amides is 2. The molecule has 0 unspecified atom stereocenters. The second kappa shape index (κ2) is 6.95. The number of nitrogens with zero attached hydrogens (tertiary/aromatic N) is 4. The van der Waals surface area contributed by atoms with Gasteiger partial charge < -0.3 is 14.4 Å². The molecule has 2 saturated heterocycles. The van der Waals surface area contributed by atoms with Crippen LogP contribution in [0.1, 0.15) is 44.5 Å². The fourth-order valence-corrected chi connectivity index (χ4v) is 4.20. The molecule has 7 heteroatoms. The highest BCUT2D eigenvalue weighted by Gasteiger charge is 2.29. The lowest BCUT2D eigenvalue weighted by molar-refractivity contribution is -0.139. The summed E-state index contributed by atoms with van der Waals surface area (Å²) >= 11 is 1.58. The molecule has 2 aliphatic rings. The first-order chi connectivity index (χ1) is 11.1. The van der Waals surface area contributed by atoms with Gasteiger partial charge in [0.25, 0.3) is 0 Å². The van der Waals surface area contributed by atoms with Crippen LogP contribution in [0, 0.1) is 0 Å². The largest absolute Gasteiger partial charge is 0.339 e. The molecule has 0 radical (unpaired) electrons. The van der Waals surface area contributed by atoms with Crippen LogP contribution in [0.4, 0.5) is 0 Å². The van der Waals surface area contributed by atoms with E-state index in [1.807, 2.05) is 17.3 Å². The Morgan fingerprint density at radius 1 is 1.48 bits per heavy atom. The van der Waals surface area contributed by atoms with Crippen LogP contribution in [0.25, 0.3) is 0 Å². The van der Waals surface area contributed by atoms with Crippen molar-refractivity contribution in [2.45, 2.75) is 38.6 Å². The summed E-state index contributed by atoms with van der Waals surface area (Å²) in [6, 6.07) is 0.288. The lowest BCUT2D eigenvalue weighted by Gasteiger charge is -2.35. The number of imidazole rings is 1. The van der Waals surface area contributed by atoms with Crippen molar-refractivity contribution >= 4 is 23.6 Å². The lowest BCUT2D eigenvalue weighted by Crippen LogP contribution is -2.46. The molecule has 1 atom stereocenters. The molecule has 1 aromatic heterocycles. The maximum absolute atomic E-state index is 12.5. The van der Waals surface area contributed by atoms with Gasteiger partial charge in [-0.25, -0.2) is 4.98 Å². The van der Waals surface area contributed by atoms with Crippen LogP contribution >= 0.6 is 11.8 Å². The van der Waals surface area contributed by atoms with Gasteiger partial charge in [0.05, 0.1) is 17.7 Å². The highest BCUT2D eigenvalue weighted by Crippen LogP contribution is 2.26. The van der Waals surface area contributed by atoms with E-state index in [1.165, 1.54) is 0 Å². The number of rotatable bonds is 4. The number of carbonyl (C=O) groups excluding carboxylic acids is 2. The van der Waals surface area contributed by atoms with Gasteiger partial charge in [-0.15, -0.1) is 11.8 Å². The second-order valence-corrected chi connectivity index (χ2v) is 7.51. The van der Waals surface area contributed by atoms with Gasteiger partial charge in [-0.1, -0.05) is 13.8 Å². The molecule has 23 heavy (non-hydrogen) atoms. The Balaban J connectivity index is 1.64. The molecule has 0 N–H and O–H groups in total. The third-order valence-electron chi connectivity index (χ3n) is 4.51. The van der Waals surface area contributed by atoms with Crippen molar-refractivity contribution < 1.29 is 9.59 Å². The predicted octanol–water partition coefficient (Wildman–Crippen LogP) is 1.70. The number of aromatic nitrogens is 2. The zero-order valence-electron chi connectivity index (χ0n) is 13.8. The number of hydrogen-bond donors (Lipinski definition) is 0. The normalized spacial score (nSPS) is 22.2. The quantitative estimate of drug-likeness (QED) is 0.840. The van der Waals surface area contributed by atoms with Gasteiger partial charge in [0.15, 0.2) is 0 Å². The third-order valence-corrected chi connectivity index (χ3v) is 5.45. The second-order valence-electron chi connectivity index (χ2n) is 6.55. The average molecular weight is 336 g/mol. The monoisotopic (exact) mass is 336 g/mol. The Labute approximate surface area is 141 Å². The summed E-state index contributed by atoms with van der Waals surface area (Å²) < 4.78 is 2.22. The molecule has 0 spiro atoms. The number of carbonyl (C=O) groups is 2. The van der Waals surface area contributed by atoms with Crippen molar-refractivity contribution in [3.63, 3.8) is 0 Å². The molecule has 3 heterocycles. The molecule has 126 valence electrons. The van der Waals surface area contributed by atoms with Crippen molar-refractivity contribution in [1.29, 1.82) is 0 Å². The smallest absolute Gasteiger partial charge is 0.242 e. The average Bonchev–Trinajstić information content (AvgIpc) is 3.17. The first-order valence-corrected chi connectivity index (χ1v) is 9.37. The molecule has 2 fully saturated rings. The third kappa shape index (κ3) is 3.54. The Morgan fingerprint density at radius 2 is 2.30 bits per heavy atom. The molecule has 0 aromatic carbocycles. The van der Waals surface area contributed by atoms with Gasteiger partial charge >= 0.3 is 0 Å². The predicted molar refractivity (Wildman–Crippen MR) is 90.2 cm³/mol. The van der Waals surface area contributed by atoms with Crippen LogP contribution in [0.2, 0.25) is 0 Å². The van der Waals surface area contributed by atoms with Crippen LogP contribution in [0.15, 0.2) is 12.4 Å². The van der Waals surface area contributed by atoms with Crippen molar-refractivity contribution in [2.75, 3.05) is 31.3 Å². The Bertz CT molecular complexity index is 586. The number of piperidine rings is 1. The minimum absolute atomic E-state index is 0.0664.